The van der Waals surface area contributed by atoms with E-state index in [4.69, 9.17) is 18.0 Å². The fourth-order valence-electron chi connectivity index (χ4n) is 2.09. The van der Waals surface area contributed by atoms with E-state index in [-0.39, 0.29) is 12.3 Å². The average Bonchev–Trinajstić information content (AvgIpc) is 2.51. The number of hydrogen-bond donors (Lipinski definition) is 0. The molecule has 0 aliphatic rings. The largest absolute Gasteiger partial charge is 0.269 e. The van der Waals surface area contributed by atoms with Crippen molar-refractivity contribution in [1.82, 2.24) is 0 Å². The predicted molar refractivity (Wildman–Crippen MR) is 99.0 cm³/mol. The van der Waals surface area contributed by atoms with E-state index < -0.39 is 10.0 Å². The summed E-state index contributed by atoms with van der Waals surface area (Å²) in [6.45, 7) is 0.227. The summed E-state index contributed by atoms with van der Waals surface area (Å²) in [7, 11) is -3.60. The van der Waals surface area contributed by atoms with Gasteiger partial charge in [-0.2, -0.15) is 0 Å². The van der Waals surface area contributed by atoms with Gasteiger partial charge in [0.25, 0.3) is 0 Å². The molecule has 0 heterocycles. The first kappa shape index (κ1) is 17.9. The molecule has 120 valence electrons. The van der Waals surface area contributed by atoms with Crippen molar-refractivity contribution in [1.29, 1.82) is 0 Å². The Hall–Kier alpha value is -1.48. The number of benzene rings is 2. The van der Waals surface area contributed by atoms with Gasteiger partial charge in [-0.15, -0.1) is 12.3 Å². The van der Waals surface area contributed by atoms with E-state index in [9.17, 15) is 8.42 Å². The molecule has 2 aromatic carbocycles. The lowest BCUT2D eigenvalue weighted by Gasteiger charge is -2.24. The van der Waals surface area contributed by atoms with Gasteiger partial charge >= 0.3 is 0 Å². The summed E-state index contributed by atoms with van der Waals surface area (Å²) in [5.74, 6) is 2.31. The number of halogens is 2. The molecule has 0 radical (unpaired) electrons. The van der Waals surface area contributed by atoms with E-state index in [1.54, 1.807) is 48.5 Å². The van der Waals surface area contributed by atoms with Crippen LogP contribution in [0.25, 0.3) is 0 Å². The van der Waals surface area contributed by atoms with Crippen LogP contribution in [0.15, 0.2) is 53.0 Å². The van der Waals surface area contributed by atoms with Gasteiger partial charge in [-0.1, -0.05) is 45.7 Å². The van der Waals surface area contributed by atoms with Gasteiger partial charge in [-0.25, -0.2) is 8.42 Å². The van der Waals surface area contributed by atoms with Gasteiger partial charge in [-0.05, 0) is 35.9 Å². The first-order valence-corrected chi connectivity index (χ1v) is 9.65. The summed E-state index contributed by atoms with van der Waals surface area (Å²) >= 11 is 9.43. The molecule has 23 heavy (non-hydrogen) atoms. The quantitative estimate of drug-likeness (QED) is 0.657. The van der Waals surface area contributed by atoms with Crippen LogP contribution in [-0.4, -0.2) is 15.0 Å². The van der Waals surface area contributed by atoms with Crippen LogP contribution in [-0.2, 0) is 15.8 Å². The highest BCUT2D eigenvalue weighted by atomic mass is 79.9. The maximum Gasteiger partial charge on any atom is 0.239 e. The highest BCUT2D eigenvalue weighted by Crippen LogP contribution is 2.25. The Morgan fingerprint density at radius 3 is 2.39 bits per heavy atom. The third-order valence-electron chi connectivity index (χ3n) is 3.21. The molecule has 0 unspecified atom stereocenters. The second-order valence-electron chi connectivity index (χ2n) is 4.85. The number of terminal acetylenes is 1. The van der Waals surface area contributed by atoms with E-state index in [0.29, 0.717) is 22.7 Å². The zero-order valence-electron chi connectivity index (χ0n) is 12.2. The van der Waals surface area contributed by atoms with E-state index in [0.717, 1.165) is 4.47 Å². The number of nitrogens with zero attached hydrogens (tertiary/aromatic N) is 1. The van der Waals surface area contributed by atoms with E-state index in [1.165, 1.54) is 4.31 Å². The molecule has 0 fully saturated rings. The summed E-state index contributed by atoms with van der Waals surface area (Å²) in [4.78, 5) is 0. The fourth-order valence-corrected chi connectivity index (χ4v) is 4.25. The molecule has 6 heteroatoms. The molecule has 0 aliphatic carbocycles. The molecular formula is C17H15BrClNO2S. The summed E-state index contributed by atoms with van der Waals surface area (Å²) in [6.07, 6.45) is 5.63. The van der Waals surface area contributed by atoms with Gasteiger partial charge in [0, 0.05) is 22.5 Å². The Morgan fingerprint density at radius 2 is 1.78 bits per heavy atom. The number of anilines is 1. The molecule has 0 atom stereocenters. The maximum absolute atomic E-state index is 12.8. The van der Waals surface area contributed by atoms with Crippen LogP contribution in [0.1, 0.15) is 12.0 Å². The fraction of sp³-hybridized carbons (Fsp3) is 0.176. The Bertz CT molecular complexity index is 813. The summed E-state index contributed by atoms with van der Waals surface area (Å²) < 4.78 is 27.9. The zero-order chi connectivity index (χ0) is 16.9. The second-order valence-corrected chi connectivity index (χ2v) is 8.07. The molecule has 0 bridgehead atoms. The molecule has 0 saturated carbocycles. The first-order valence-electron chi connectivity index (χ1n) is 6.87. The van der Waals surface area contributed by atoms with Gasteiger partial charge in [-0.3, -0.25) is 4.31 Å². The molecule has 0 aromatic heterocycles. The van der Waals surface area contributed by atoms with Crippen LogP contribution in [0.5, 0.6) is 0 Å². The summed E-state index contributed by atoms with van der Waals surface area (Å²) in [5, 5.41) is 0.434. The van der Waals surface area contributed by atoms with Crippen molar-refractivity contribution >= 4 is 43.2 Å². The lowest BCUT2D eigenvalue weighted by atomic mass is 10.2. The summed E-state index contributed by atoms with van der Waals surface area (Å²) in [6, 6.07) is 14.0. The topological polar surface area (TPSA) is 37.4 Å². The van der Waals surface area contributed by atoms with Crippen molar-refractivity contribution in [2.24, 2.45) is 0 Å². The smallest absolute Gasteiger partial charge is 0.239 e. The lowest BCUT2D eigenvalue weighted by Crippen LogP contribution is -2.33. The highest BCUT2D eigenvalue weighted by molar-refractivity contribution is 9.10. The van der Waals surface area contributed by atoms with Crippen molar-refractivity contribution in [3.63, 3.8) is 0 Å². The van der Waals surface area contributed by atoms with Gasteiger partial charge in [0.2, 0.25) is 10.0 Å². The van der Waals surface area contributed by atoms with Gasteiger partial charge < -0.3 is 0 Å². The molecule has 3 nitrogen and oxygen atoms in total. The third kappa shape index (κ3) is 4.74. The predicted octanol–water partition coefficient (Wildman–Crippen LogP) is 4.46. The maximum atomic E-state index is 12.8. The Morgan fingerprint density at radius 1 is 1.13 bits per heavy atom. The highest BCUT2D eigenvalue weighted by Gasteiger charge is 2.23. The number of rotatable bonds is 6. The van der Waals surface area contributed by atoms with Crippen molar-refractivity contribution < 1.29 is 8.42 Å². The van der Waals surface area contributed by atoms with E-state index in [1.807, 2.05) is 0 Å². The van der Waals surface area contributed by atoms with Crippen LogP contribution in [0.3, 0.4) is 0 Å². The van der Waals surface area contributed by atoms with E-state index >= 15 is 0 Å². The van der Waals surface area contributed by atoms with Gasteiger partial charge in [0.05, 0.1) is 11.4 Å². The van der Waals surface area contributed by atoms with Crippen LogP contribution in [0.2, 0.25) is 5.02 Å². The molecule has 0 spiro atoms. The van der Waals surface area contributed by atoms with E-state index in [2.05, 4.69) is 21.9 Å². The normalized spacial score (nSPS) is 11.0. The Balaban J connectivity index is 2.35. The molecule has 0 saturated heterocycles. The second kappa shape index (κ2) is 7.87. The van der Waals surface area contributed by atoms with Crippen LogP contribution in [0.4, 0.5) is 5.69 Å². The van der Waals surface area contributed by atoms with Crippen molar-refractivity contribution in [3.8, 4) is 12.3 Å². The summed E-state index contributed by atoms with van der Waals surface area (Å²) in [5.41, 5.74) is 1.15. The lowest BCUT2D eigenvalue weighted by molar-refractivity contribution is 0.590. The van der Waals surface area contributed by atoms with Crippen LogP contribution >= 0.6 is 27.5 Å². The van der Waals surface area contributed by atoms with Gasteiger partial charge in [0.1, 0.15) is 0 Å². The zero-order valence-corrected chi connectivity index (χ0v) is 15.4. The Labute approximate surface area is 150 Å². The van der Waals surface area contributed by atoms with Crippen molar-refractivity contribution in [2.45, 2.75) is 12.2 Å². The molecule has 0 aliphatic heterocycles. The molecule has 2 rings (SSSR count). The monoisotopic (exact) mass is 411 g/mol. The van der Waals surface area contributed by atoms with Crippen molar-refractivity contribution in [3.05, 3.63) is 63.6 Å². The van der Waals surface area contributed by atoms with Crippen molar-refractivity contribution in [2.75, 3.05) is 10.8 Å². The van der Waals surface area contributed by atoms with Gasteiger partial charge in [0.15, 0.2) is 0 Å². The minimum atomic E-state index is -3.60. The minimum absolute atomic E-state index is 0.173. The molecular weight excluding hydrogens is 398 g/mol. The van der Waals surface area contributed by atoms with Crippen LogP contribution in [0, 0.1) is 12.3 Å². The third-order valence-corrected chi connectivity index (χ3v) is 5.84. The molecule has 0 amide bonds. The standard InChI is InChI=1S/C17H15BrClNO2S/c1-2-3-12-20(16-10-8-15(18)9-11-16)23(21,22)13-14-6-4-5-7-17(14)19/h1,4-11H,3,12-13H2. The Kier molecular flexibility index (Phi) is 6.11. The molecule has 0 N–H and O–H groups in total. The minimum Gasteiger partial charge on any atom is -0.269 e. The SMILES string of the molecule is C#CCCN(c1ccc(Br)cc1)S(=O)(=O)Cc1ccccc1Cl. The average molecular weight is 413 g/mol. The number of hydrogen-bond acceptors (Lipinski definition) is 2. The van der Waals surface area contributed by atoms with Crippen LogP contribution < -0.4 is 4.31 Å². The number of sulfonamides is 1. The molecule has 2 aromatic rings. The first-order chi connectivity index (χ1) is 10.9.